The van der Waals surface area contributed by atoms with E-state index >= 15 is 0 Å². The lowest BCUT2D eigenvalue weighted by Crippen LogP contribution is -2.56. The Morgan fingerprint density at radius 3 is 2.45 bits per heavy atom. The molecule has 0 radical (unpaired) electrons. The summed E-state index contributed by atoms with van der Waals surface area (Å²) in [6.45, 7) is 3.97. The molecule has 4 fully saturated rings. The van der Waals surface area contributed by atoms with Gasteiger partial charge in [0.2, 0.25) is 5.91 Å². The number of nitrogens with one attached hydrogen (secondary N) is 2. The van der Waals surface area contributed by atoms with Crippen molar-refractivity contribution in [2.24, 2.45) is 11.8 Å². The molecule has 2 saturated carbocycles. The van der Waals surface area contributed by atoms with Gasteiger partial charge in [-0.15, -0.1) is 0 Å². The molecule has 7 atom stereocenters. The number of amides is 2. The summed E-state index contributed by atoms with van der Waals surface area (Å²) >= 11 is 0. The van der Waals surface area contributed by atoms with Crippen molar-refractivity contribution < 1.29 is 22.8 Å². The summed E-state index contributed by atoms with van der Waals surface area (Å²) in [5, 5.41) is 6.60. The van der Waals surface area contributed by atoms with E-state index < -0.39 is 18.5 Å². The first kappa shape index (κ1) is 22.8. The third kappa shape index (κ3) is 5.02. The highest BCUT2D eigenvalue weighted by molar-refractivity contribution is 5.82. The van der Waals surface area contributed by atoms with Crippen LogP contribution >= 0.6 is 0 Å². The number of hydrogen-bond acceptors (Lipinski definition) is 4. The van der Waals surface area contributed by atoms with Crippen LogP contribution in [0.1, 0.15) is 51.9 Å². The van der Waals surface area contributed by atoms with E-state index in [2.05, 4.69) is 22.5 Å². The fourth-order valence-electron chi connectivity index (χ4n) is 6.17. The van der Waals surface area contributed by atoms with Gasteiger partial charge in [-0.1, -0.05) is 6.92 Å². The van der Waals surface area contributed by atoms with Crippen molar-refractivity contribution in [2.75, 3.05) is 26.2 Å². The molecule has 0 spiro atoms. The average Bonchev–Trinajstić information content (AvgIpc) is 3.23. The van der Waals surface area contributed by atoms with Gasteiger partial charge >= 0.3 is 6.43 Å². The maximum Gasteiger partial charge on any atom is 0.315 e. The second-order valence-electron chi connectivity index (χ2n) is 9.90. The van der Waals surface area contributed by atoms with E-state index in [9.17, 15) is 22.8 Å². The second-order valence-corrected chi connectivity index (χ2v) is 9.90. The summed E-state index contributed by atoms with van der Waals surface area (Å²) in [6, 6.07) is 0.135. The Labute approximate surface area is 182 Å². The Balaban J connectivity index is 1.26. The van der Waals surface area contributed by atoms with Gasteiger partial charge in [0, 0.05) is 50.2 Å². The largest absolute Gasteiger partial charge is 0.352 e. The molecule has 2 aliphatic carbocycles. The number of rotatable bonds is 4. The normalized spacial score (nSPS) is 39.4. The predicted molar refractivity (Wildman–Crippen MR) is 110 cm³/mol. The number of nitrogens with zero attached hydrogens (tertiary/aromatic N) is 2. The number of fused-ring (bicyclic) bond motifs is 1. The van der Waals surface area contributed by atoms with E-state index in [-0.39, 0.29) is 36.0 Å². The zero-order chi connectivity index (χ0) is 22.1. The van der Waals surface area contributed by atoms with Gasteiger partial charge in [0.1, 0.15) is 6.17 Å². The van der Waals surface area contributed by atoms with Crippen LogP contribution in [0, 0.1) is 11.8 Å². The molecular weight excluding hydrogens is 409 g/mol. The lowest BCUT2D eigenvalue weighted by molar-refractivity contribution is -0.145. The van der Waals surface area contributed by atoms with Gasteiger partial charge in [-0.25, -0.2) is 4.39 Å². The molecule has 2 N–H and O–H groups in total. The highest BCUT2D eigenvalue weighted by Gasteiger charge is 2.46. The van der Waals surface area contributed by atoms with Crippen LogP contribution < -0.4 is 10.6 Å². The summed E-state index contributed by atoms with van der Waals surface area (Å²) < 4.78 is 39.6. The number of hydrogen-bond donors (Lipinski definition) is 2. The first-order chi connectivity index (χ1) is 14.8. The number of alkyl halides is 3. The van der Waals surface area contributed by atoms with Crippen molar-refractivity contribution in [1.29, 1.82) is 0 Å². The van der Waals surface area contributed by atoms with Gasteiger partial charge < -0.3 is 15.5 Å². The lowest BCUT2D eigenvalue weighted by atomic mass is 9.77. The summed E-state index contributed by atoms with van der Waals surface area (Å²) in [6.07, 6.45) is 2.04. The molecule has 0 aromatic carbocycles. The lowest BCUT2D eigenvalue weighted by Gasteiger charge is -2.42. The number of carbonyl (C=O) groups is 2. The fourth-order valence-corrected chi connectivity index (χ4v) is 6.17. The SMILES string of the molecule is CC1CCC(F)C2CC(C(=O)N[C@@H]3CCC[C@H](N4CCN(C(=O)C(F)F)CC4)C3)NC12. The second kappa shape index (κ2) is 9.65. The summed E-state index contributed by atoms with van der Waals surface area (Å²) in [4.78, 5) is 27.9. The highest BCUT2D eigenvalue weighted by atomic mass is 19.3. The zero-order valence-electron chi connectivity index (χ0n) is 18.2. The maximum atomic E-state index is 14.3. The Morgan fingerprint density at radius 1 is 1.03 bits per heavy atom. The van der Waals surface area contributed by atoms with Crippen LogP contribution in [-0.4, -0.2) is 84.6 Å². The average molecular weight is 445 g/mol. The molecule has 2 aliphatic heterocycles. The van der Waals surface area contributed by atoms with E-state index in [4.69, 9.17) is 0 Å². The molecule has 4 aliphatic rings. The Bertz CT molecular complexity index is 641. The topological polar surface area (TPSA) is 64.7 Å². The van der Waals surface area contributed by atoms with Crippen LogP contribution in [0.25, 0.3) is 0 Å². The van der Waals surface area contributed by atoms with Crippen LogP contribution in [0.3, 0.4) is 0 Å². The number of piperazine rings is 1. The molecule has 2 heterocycles. The number of halogens is 3. The minimum absolute atomic E-state index is 0.0215. The molecule has 5 unspecified atom stereocenters. The first-order valence-corrected chi connectivity index (χ1v) is 11.8. The Kier molecular flexibility index (Phi) is 7.10. The molecule has 0 bridgehead atoms. The minimum atomic E-state index is -2.94. The van der Waals surface area contributed by atoms with E-state index in [1.807, 2.05) is 0 Å². The van der Waals surface area contributed by atoms with E-state index in [0.717, 1.165) is 32.1 Å². The number of carbonyl (C=O) groups excluding carboxylic acids is 2. The van der Waals surface area contributed by atoms with Crippen LogP contribution in [0.5, 0.6) is 0 Å². The third-order valence-electron chi connectivity index (χ3n) is 7.98. The third-order valence-corrected chi connectivity index (χ3v) is 7.98. The smallest absolute Gasteiger partial charge is 0.315 e. The molecule has 176 valence electrons. The summed E-state index contributed by atoms with van der Waals surface area (Å²) in [5.74, 6) is -0.773. The Hall–Kier alpha value is -1.35. The molecule has 4 rings (SSSR count). The standard InChI is InChI=1S/C22H35F3N4O2/c1-13-5-6-17(23)16-12-18(27-19(13)16)21(30)26-14-3-2-4-15(11-14)28-7-9-29(10-8-28)22(31)20(24)25/h13-20,27H,2-12H2,1H3,(H,26,30)/t13?,14-,15+,16?,17?,18?,19?/m1/s1. The van der Waals surface area contributed by atoms with E-state index in [1.165, 1.54) is 4.90 Å². The van der Waals surface area contributed by atoms with Crippen LogP contribution in [-0.2, 0) is 9.59 Å². The van der Waals surface area contributed by atoms with Gasteiger partial charge in [-0.05, 0) is 50.9 Å². The van der Waals surface area contributed by atoms with Gasteiger partial charge in [0.15, 0.2) is 0 Å². The van der Waals surface area contributed by atoms with Crippen molar-refractivity contribution in [3.8, 4) is 0 Å². The zero-order valence-corrected chi connectivity index (χ0v) is 18.2. The van der Waals surface area contributed by atoms with Crippen LogP contribution in [0.4, 0.5) is 13.2 Å². The van der Waals surface area contributed by atoms with Crippen molar-refractivity contribution in [2.45, 2.75) is 88.6 Å². The molecule has 6 nitrogen and oxygen atoms in total. The molecule has 31 heavy (non-hydrogen) atoms. The van der Waals surface area contributed by atoms with Gasteiger partial charge in [-0.2, -0.15) is 8.78 Å². The summed E-state index contributed by atoms with van der Waals surface area (Å²) in [5.41, 5.74) is 0. The predicted octanol–water partition coefficient (Wildman–Crippen LogP) is 1.94. The van der Waals surface area contributed by atoms with Crippen LogP contribution in [0.15, 0.2) is 0 Å². The molecule has 0 aromatic rings. The summed E-state index contributed by atoms with van der Waals surface area (Å²) in [7, 11) is 0. The van der Waals surface area contributed by atoms with Gasteiger partial charge in [0.25, 0.3) is 5.91 Å². The molecule has 2 saturated heterocycles. The van der Waals surface area contributed by atoms with Crippen molar-refractivity contribution in [3.63, 3.8) is 0 Å². The van der Waals surface area contributed by atoms with Crippen molar-refractivity contribution >= 4 is 11.8 Å². The van der Waals surface area contributed by atoms with Gasteiger partial charge in [0.05, 0.1) is 6.04 Å². The first-order valence-electron chi connectivity index (χ1n) is 11.8. The van der Waals surface area contributed by atoms with Crippen LogP contribution in [0.2, 0.25) is 0 Å². The Morgan fingerprint density at radius 2 is 1.77 bits per heavy atom. The molecule has 9 heteroatoms. The molecule has 0 aromatic heterocycles. The van der Waals surface area contributed by atoms with E-state index in [0.29, 0.717) is 44.9 Å². The van der Waals surface area contributed by atoms with Crippen molar-refractivity contribution in [3.05, 3.63) is 0 Å². The van der Waals surface area contributed by atoms with Gasteiger partial charge in [-0.3, -0.25) is 14.5 Å². The van der Waals surface area contributed by atoms with Crippen molar-refractivity contribution in [1.82, 2.24) is 20.4 Å². The highest BCUT2D eigenvalue weighted by Crippen LogP contribution is 2.38. The monoisotopic (exact) mass is 444 g/mol. The molecule has 2 amide bonds. The fraction of sp³-hybridized carbons (Fsp3) is 0.909. The maximum absolute atomic E-state index is 14.3. The minimum Gasteiger partial charge on any atom is -0.352 e. The quantitative estimate of drug-likeness (QED) is 0.696. The molecular formula is C22H35F3N4O2. The van der Waals surface area contributed by atoms with E-state index in [1.54, 1.807) is 0 Å².